The van der Waals surface area contributed by atoms with Gasteiger partial charge in [0.25, 0.3) is 0 Å². The van der Waals surface area contributed by atoms with Gasteiger partial charge >= 0.3 is 7.60 Å². The van der Waals surface area contributed by atoms with E-state index >= 15 is 0 Å². The van der Waals surface area contributed by atoms with Gasteiger partial charge in [0.1, 0.15) is 5.76 Å². The summed E-state index contributed by atoms with van der Waals surface area (Å²) in [5, 5.41) is 8.26. The number of aliphatic hydroxyl groups is 1. The Bertz CT molecular complexity index is 1120. The van der Waals surface area contributed by atoms with Gasteiger partial charge in [-0.25, -0.2) is 4.39 Å². The summed E-state index contributed by atoms with van der Waals surface area (Å²) in [5.74, 6) is -0.722. The predicted molar refractivity (Wildman–Crippen MR) is 119 cm³/mol. The Morgan fingerprint density at radius 2 is 2.06 bits per heavy atom. The van der Waals surface area contributed by atoms with Crippen molar-refractivity contribution >= 4 is 21.2 Å². The molecule has 3 N–H and O–H groups in total. The van der Waals surface area contributed by atoms with Crippen molar-refractivity contribution in [3.05, 3.63) is 83.7 Å². The van der Waals surface area contributed by atoms with Gasteiger partial charge in [-0.2, -0.15) is 0 Å². The molecule has 0 saturated carbocycles. The molecule has 3 rings (SSSR count). The first-order chi connectivity index (χ1) is 14.8. The Kier molecular flexibility index (Phi) is 6.94. The molecule has 0 amide bonds. The van der Waals surface area contributed by atoms with Crippen LogP contribution in [0.25, 0.3) is 0 Å². The van der Waals surface area contributed by atoms with E-state index in [4.69, 9.17) is 13.8 Å². The van der Waals surface area contributed by atoms with Crippen LogP contribution in [0.1, 0.15) is 31.3 Å². The highest BCUT2D eigenvalue weighted by atomic mass is 31.2. The molecule has 4 atom stereocenters. The summed E-state index contributed by atoms with van der Waals surface area (Å²) in [6.45, 7) is 7.34. The molecule has 1 aliphatic heterocycles. The lowest BCUT2D eigenvalue weighted by Crippen LogP contribution is -2.38. The molecular formula is C21H24FNO7P2. The molecule has 0 bridgehead atoms. The second-order valence-corrected chi connectivity index (χ2v) is 12.3. The van der Waals surface area contributed by atoms with Gasteiger partial charge in [-0.05, 0) is 50.0 Å². The number of pyridine rings is 1. The Hall–Kier alpha value is -2.09. The van der Waals surface area contributed by atoms with Gasteiger partial charge in [0, 0.05) is 24.4 Å². The van der Waals surface area contributed by atoms with Crippen LogP contribution >= 0.6 is 14.9 Å². The summed E-state index contributed by atoms with van der Waals surface area (Å²) in [6, 6.07) is 6.69. The second-order valence-electron chi connectivity index (χ2n) is 7.56. The van der Waals surface area contributed by atoms with E-state index in [0.717, 1.165) is 11.6 Å². The molecule has 0 spiro atoms. The zero-order valence-corrected chi connectivity index (χ0v) is 19.3. The number of hydrogen-bond acceptors (Lipinski definition) is 7. The van der Waals surface area contributed by atoms with Crippen molar-refractivity contribution in [2.45, 2.75) is 31.6 Å². The van der Waals surface area contributed by atoms with Crippen LogP contribution in [-0.2, 0) is 20.0 Å². The van der Waals surface area contributed by atoms with Crippen LogP contribution < -0.4 is 4.74 Å². The van der Waals surface area contributed by atoms with E-state index < -0.39 is 38.5 Å². The first-order valence-electron chi connectivity index (χ1n) is 9.43. The third-order valence-electron chi connectivity index (χ3n) is 4.60. The van der Waals surface area contributed by atoms with Gasteiger partial charge in [-0.3, -0.25) is 18.6 Å². The molecule has 0 radical (unpaired) electrons. The van der Waals surface area contributed by atoms with E-state index in [2.05, 4.69) is 17.9 Å². The van der Waals surface area contributed by atoms with Crippen molar-refractivity contribution in [2.24, 2.45) is 0 Å². The number of halogens is 1. The normalized spacial score (nSPS) is 29.9. The van der Waals surface area contributed by atoms with Gasteiger partial charge in [-0.1, -0.05) is 24.3 Å². The summed E-state index contributed by atoms with van der Waals surface area (Å²) in [5.41, 5.74) is 1.26. The third kappa shape index (κ3) is 4.95. The standard InChI is InChI=1S/C21H24FNO7P2/c1-14(2)10-15(3)28-19-8-7-17(11-18(19)22)20-29-31(4,25)21(24,32(26,27)30-20)12-16-6-5-9-23-13-16/h5-11,13,20,24-25H,3-4,12H2,1-2H3,(H,26,27). The highest BCUT2D eigenvalue weighted by Crippen LogP contribution is 2.78. The highest BCUT2D eigenvalue weighted by molar-refractivity contribution is 7.78. The Morgan fingerprint density at radius 1 is 1.34 bits per heavy atom. The van der Waals surface area contributed by atoms with Crippen LogP contribution in [0.2, 0.25) is 0 Å². The lowest BCUT2D eigenvalue weighted by molar-refractivity contribution is -0.0475. The maximum absolute atomic E-state index is 14.6. The van der Waals surface area contributed by atoms with Gasteiger partial charge in [0.05, 0.1) is 0 Å². The molecule has 2 aromatic rings. The minimum absolute atomic E-state index is 0.0116. The second kappa shape index (κ2) is 9.04. The molecule has 11 heteroatoms. The third-order valence-corrected chi connectivity index (χ3v) is 9.66. The molecule has 1 aliphatic rings. The van der Waals surface area contributed by atoms with Crippen LogP contribution in [-0.4, -0.2) is 31.3 Å². The number of allylic oxidation sites excluding steroid dienone is 2. The molecule has 1 aromatic heterocycles. The van der Waals surface area contributed by atoms with E-state index in [1.807, 2.05) is 13.8 Å². The van der Waals surface area contributed by atoms with Crippen molar-refractivity contribution in [2.75, 3.05) is 0 Å². The number of nitrogens with zero attached hydrogens (tertiary/aromatic N) is 1. The van der Waals surface area contributed by atoms with E-state index in [1.165, 1.54) is 24.5 Å². The smallest absolute Gasteiger partial charge is 0.371 e. The van der Waals surface area contributed by atoms with E-state index in [-0.39, 0.29) is 17.1 Å². The molecule has 0 aliphatic carbocycles. The zero-order valence-electron chi connectivity index (χ0n) is 17.5. The molecule has 1 saturated heterocycles. The van der Waals surface area contributed by atoms with Gasteiger partial charge < -0.3 is 19.6 Å². The number of benzene rings is 1. The predicted octanol–water partition coefficient (Wildman–Crippen LogP) is 4.47. The van der Waals surface area contributed by atoms with Gasteiger partial charge in [0.2, 0.25) is 5.08 Å². The Labute approximate surface area is 185 Å². The molecular weight excluding hydrogens is 459 g/mol. The van der Waals surface area contributed by atoms with E-state index in [1.54, 1.807) is 18.2 Å². The first kappa shape index (κ1) is 24.6. The van der Waals surface area contributed by atoms with Crippen molar-refractivity contribution in [1.29, 1.82) is 0 Å². The Morgan fingerprint density at radius 3 is 2.62 bits per heavy atom. The fourth-order valence-corrected chi connectivity index (χ4v) is 7.02. The molecule has 2 heterocycles. The van der Waals surface area contributed by atoms with Crippen LogP contribution in [0.4, 0.5) is 4.39 Å². The average Bonchev–Trinajstić information content (AvgIpc) is 2.67. The topological polar surface area (TPSA) is 118 Å². The fraction of sp³-hybridized carbons (Fsp3) is 0.238. The van der Waals surface area contributed by atoms with Crippen molar-refractivity contribution in [3.8, 4) is 5.75 Å². The largest absolute Gasteiger partial charge is 0.455 e. The maximum atomic E-state index is 14.6. The minimum Gasteiger partial charge on any atom is -0.455 e. The summed E-state index contributed by atoms with van der Waals surface area (Å²) in [6.07, 6.45) is 5.83. The summed E-state index contributed by atoms with van der Waals surface area (Å²) >= 11 is 0. The Balaban J connectivity index is 1.87. The fourth-order valence-electron chi connectivity index (χ4n) is 3.03. The summed E-state index contributed by atoms with van der Waals surface area (Å²) in [7, 11) is -9.09. The van der Waals surface area contributed by atoms with Gasteiger partial charge in [0.15, 0.2) is 25.2 Å². The summed E-state index contributed by atoms with van der Waals surface area (Å²) in [4.78, 5) is 25.2. The van der Waals surface area contributed by atoms with Gasteiger partial charge in [-0.15, -0.1) is 0 Å². The monoisotopic (exact) mass is 483 g/mol. The average molecular weight is 483 g/mol. The molecule has 1 fully saturated rings. The molecule has 32 heavy (non-hydrogen) atoms. The number of aromatic nitrogens is 1. The van der Waals surface area contributed by atoms with E-state index in [9.17, 15) is 23.8 Å². The SMILES string of the molecule is C=C(C=C(C)C)Oc1ccc(C2OP(=C)(O)C(O)(Cc3cccnc3)P(=O)(O)O2)cc1F. The highest BCUT2D eigenvalue weighted by Gasteiger charge is 2.62. The molecule has 4 unspecified atom stereocenters. The lowest BCUT2D eigenvalue weighted by Gasteiger charge is -2.45. The number of hydrogen-bond donors (Lipinski definition) is 3. The summed E-state index contributed by atoms with van der Waals surface area (Å²) < 4.78 is 43.4. The number of ether oxygens (including phenoxy) is 1. The molecule has 8 nitrogen and oxygen atoms in total. The van der Waals surface area contributed by atoms with Crippen molar-refractivity contribution in [3.63, 3.8) is 0 Å². The lowest BCUT2D eigenvalue weighted by atomic mass is 10.2. The van der Waals surface area contributed by atoms with Crippen LogP contribution in [0.3, 0.4) is 0 Å². The number of rotatable bonds is 6. The van der Waals surface area contributed by atoms with E-state index in [0.29, 0.717) is 5.56 Å². The first-order valence-corrected chi connectivity index (χ1v) is 12.9. The molecule has 172 valence electrons. The maximum Gasteiger partial charge on any atom is 0.371 e. The van der Waals surface area contributed by atoms with Crippen LogP contribution in [0.5, 0.6) is 5.75 Å². The van der Waals surface area contributed by atoms with Crippen LogP contribution in [0, 0.1) is 5.82 Å². The quantitative estimate of drug-likeness (QED) is 0.313. The molecule has 1 aromatic carbocycles. The minimum atomic E-state index is -4.92. The van der Waals surface area contributed by atoms with Crippen molar-refractivity contribution in [1.82, 2.24) is 4.98 Å². The van der Waals surface area contributed by atoms with Crippen molar-refractivity contribution < 1.29 is 37.6 Å². The van der Waals surface area contributed by atoms with Crippen LogP contribution in [0.15, 0.2) is 66.7 Å². The zero-order chi connectivity index (χ0) is 23.7.